The summed E-state index contributed by atoms with van der Waals surface area (Å²) in [6.45, 7) is 4.28. The molecule has 2 aromatic heterocycles. The Labute approximate surface area is 388 Å². The summed E-state index contributed by atoms with van der Waals surface area (Å²) in [7, 11) is 0. The third-order valence-corrected chi connectivity index (χ3v) is 11.9. The zero-order valence-electron chi connectivity index (χ0n) is 37.3. The molecule has 2 atom stereocenters. The van der Waals surface area contributed by atoms with E-state index in [0.717, 1.165) is 22.3 Å². The molecular formula is C48H52F4N12O4. The number of benzene rings is 4. The molecule has 68 heavy (non-hydrogen) atoms. The van der Waals surface area contributed by atoms with Crippen LogP contribution in [0.1, 0.15) is 95.0 Å². The molecule has 0 spiro atoms. The molecule has 6 aromatic rings. The molecule has 0 saturated carbocycles. The van der Waals surface area contributed by atoms with Gasteiger partial charge in [0.15, 0.2) is 0 Å². The van der Waals surface area contributed by atoms with Crippen molar-refractivity contribution in [2.24, 2.45) is 11.5 Å². The van der Waals surface area contributed by atoms with Gasteiger partial charge in [-0.2, -0.15) is 19.0 Å². The van der Waals surface area contributed by atoms with Crippen molar-refractivity contribution in [3.05, 3.63) is 142 Å². The first-order valence-electron chi connectivity index (χ1n) is 21.8. The Bertz CT molecular complexity index is 2640. The second kappa shape index (κ2) is 20.1. The average molecular weight is 937 g/mol. The lowest BCUT2D eigenvalue weighted by molar-refractivity contribution is -0.0726. The van der Waals surface area contributed by atoms with Crippen LogP contribution in [0.5, 0.6) is 0 Å². The predicted octanol–water partition coefficient (Wildman–Crippen LogP) is 5.63. The van der Waals surface area contributed by atoms with Gasteiger partial charge in [-0.05, 0) is 54.7 Å². The second-order valence-corrected chi connectivity index (χ2v) is 16.8. The van der Waals surface area contributed by atoms with Gasteiger partial charge in [-0.15, -0.1) is 0 Å². The number of hydrogen-bond acceptors (Lipinski definition) is 10. The number of carbonyl (C=O) groups excluding carboxylic acids is 4. The summed E-state index contributed by atoms with van der Waals surface area (Å²) >= 11 is 0. The fraction of sp³-hybridized carbons (Fsp3) is 0.292. The summed E-state index contributed by atoms with van der Waals surface area (Å²) in [4.78, 5) is 49.1. The van der Waals surface area contributed by atoms with Crippen LogP contribution in [0.2, 0.25) is 0 Å². The molecular weight excluding hydrogens is 885 g/mol. The number of halogens is 4. The number of nitrogen functional groups attached to an aromatic ring is 2. The number of carbonyl (C=O) groups is 4. The van der Waals surface area contributed by atoms with Crippen molar-refractivity contribution >= 4 is 35.3 Å². The number of alkyl halides is 4. The number of amides is 4. The van der Waals surface area contributed by atoms with Crippen LogP contribution in [0, 0.1) is 13.8 Å². The molecule has 2 aliphatic rings. The molecule has 356 valence electrons. The van der Waals surface area contributed by atoms with Crippen molar-refractivity contribution in [2.45, 2.75) is 70.3 Å². The quantitative estimate of drug-likeness (QED) is 0.0555. The number of nitrogens with zero attached hydrogens (tertiary/aromatic N) is 4. The summed E-state index contributed by atoms with van der Waals surface area (Å²) in [6.07, 6.45) is -0.544. The molecule has 2 aliphatic heterocycles. The van der Waals surface area contributed by atoms with Crippen LogP contribution in [0.4, 0.5) is 29.2 Å². The minimum Gasteiger partial charge on any atom is -0.383 e. The van der Waals surface area contributed by atoms with E-state index < -0.39 is 55.3 Å². The van der Waals surface area contributed by atoms with Crippen LogP contribution in [-0.2, 0) is 13.1 Å². The van der Waals surface area contributed by atoms with E-state index >= 15 is 0 Å². The number of anilines is 2. The SMILES string of the molecule is Cc1ccccc1C(=O)NCc1ccc(-c2nn(C3CCNC(F)(F)C3)c(N)c2C(N)=O)cc1.Cc1ccccc1C(=O)NCc1ccc(-c2nn(C3CNCC(F)(F)C3)c(N)c2C(N)=O)cc1. The van der Waals surface area contributed by atoms with Crippen LogP contribution in [0.15, 0.2) is 97.1 Å². The largest absolute Gasteiger partial charge is 0.383 e. The predicted molar refractivity (Wildman–Crippen MR) is 249 cm³/mol. The van der Waals surface area contributed by atoms with Crippen molar-refractivity contribution in [2.75, 3.05) is 31.1 Å². The highest BCUT2D eigenvalue weighted by molar-refractivity contribution is 6.04. The Hall–Kier alpha value is -7.58. The Morgan fingerprint density at radius 3 is 1.51 bits per heavy atom. The third-order valence-electron chi connectivity index (χ3n) is 11.9. The molecule has 4 amide bonds. The minimum atomic E-state index is -3.04. The van der Waals surface area contributed by atoms with E-state index in [-0.39, 0.29) is 59.1 Å². The summed E-state index contributed by atoms with van der Waals surface area (Å²) in [5, 5.41) is 19.4. The van der Waals surface area contributed by atoms with E-state index in [2.05, 4.69) is 31.5 Å². The van der Waals surface area contributed by atoms with E-state index in [1.165, 1.54) is 9.36 Å². The van der Waals surface area contributed by atoms with Gasteiger partial charge in [-0.25, -0.2) is 18.1 Å². The summed E-state index contributed by atoms with van der Waals surface area (Å²) in [6, 6.07) is 24.2. The van der Waals surface area contributed by atoms with Crippen molar-refractivity contribution < 1.29 is 36.7 Å². The number of aryl methyl sites for hydroxylation is 2. The fourth-order valence-corrected chi connectivity index (χ4v) is 8.30. The van der Waals surface area contributed by atoms with Crippen LogP contribution >= 0.6 is 0 Å². The highest BCUT2D eigenvalue weighted by atomic mass is 19.3. The maximum atomic E-state index is 13.9. The van der Waals surface area contributed by atoms with Gasteiger partial charge in [0.1, 0.15) is 34.2 Å². The van der Waals surface area contributed by atoms with Crippen LogP contribution in [0.3, 0.4) is 0 Å². The summed E-state index contributed by atoms with van der Waals surface area (Å²) < 4.78 is 58.0. The number of rotatable bonds is 12. The van der Waals surface area contributed by atoms with Crippen LogP contribution in [-0.4, -0.2) is 74.8 Å². The van der Waals surface area contributed by atoms with Gasteiger partial charge in [0.05, 0.1) is 18.6 Å². The summed E-state index contributed by atoms with van der Waals surface area (Å²) in [5.41, 5.74) is 29.6. The van der Waals surface area contributed by atoms with E-state index in [1.807, 2.05) is 50.2 Å². The molecule has 8 rings (SSSR count). The highest BCUT2D eigenvalue weighted by Crippen LogP contribution is 2.37. The molecule has 4 aromatic carbocycles. The van der Waals surface area contributed by atoms with Gasteiger partial charge in [-0.3, -0.25) is 24.5 Å². The van der Waals surface area contributed by atoms with E-state index in [1.54, 1.807) is 60.7 Å². The van der Waals surface area contributed by atoms with Gasteiger partial charge >= 0.3 is 6.05 Å². The number of hydrogen-bond donors (Lipinski definition) is 8. The molecule has 0 bridgehead atoms. The van der Waals surface area contributed by atoms with E-state index in [0.29, 0.717) is 41.8 Å². The standard InChI is InChI=1S/2C24H26F2N6O2/c1-14-4-2-3-5-18(14)23(34)30-11-15-6-8-16(9-7-15)20-19(22(28)33)21(27)32(31-20)17-10-24(25,26)13-29-12-17;1-14-4-2-3-5-18(14)23(34)29-13-15-6-8-16(9-7-15)20-19(22(28)33)21(27)32(31-20)17-10-11-30-24(25,26)12-17/h2-9,17,29H,10-13,27H2,1H3,(H2,28,33)(H,30,34);2-9,17,30H,10-13,27H2,1H3,(H2,28,33)(H,29,34). The van der Waals surface area contributed by atoms with Crippen molar-refractivity contribution in [3.8, 4) is 22.5 Å². The molecule has 12 N–H and O–H groups in total. The number of primary amides is 2. The normalized spacial score (nSPS) is 17.3. The zero-order chi connectivity index (χ0) is 48.9. The van der Waals surface area contributed by atoms with E-state index in [9.17, 15) is 36.7 Å². The van der Waals surface area contributed by atoms with Crippen molar-refractivity contribution in [3.63, 3.8) is 0 Å². The Morgan fingerprint density at radius 2 is 1.10 bits per heavy atom. The van der Waals surface area contributed by atoms with Gasteiger partial charge in [0.2, 0.25) is 0 Å². The first-order chi connectivity index (χ1) is 32.3. The first kappa shape index (κ1) is 48.4. The third kappa shape index (κ3) is 11.0. The maximum absolute atomic E-state index is 13.9. The topological polar surface area (TPSA) is 256 Å². The van der Waals surface area contributed by atoms with Gasteiger partial charge in [0, 0.05) is 61.3 Å². The first-order valence-corrected chi connectivity index (χ1v) is 21.8. The van der Waals surface area contributed by atoms with Crippen molar-refractivity contribution in [1.82, 2.24) is 40.8 Å². The Balaban J connectivity index is 0.000000201. The monoisotopic (exact) mass is 936 g/mol. The van der Waals surface area contributed by atoms with Crippen LogP contribution in [0.25, 0.3) is 22.5 Å². The van der Waals surface area contributed by atoms with Crippen molar-refractivity contribution in [1.29, 1.82) is 0 Å². The number of aromatic nitrogens is 4. The summed E-state index contributed by atoms with van der Waals surface area (Å²) in [5.74, 6) is -4.90. The molecule has 2 fully saturated rings. The number of piperidine rings is 2. The minimum absolute atomic E-state index is 0.00227. The molecule has 0 radical (unpaired) electrons. The zero-order valence-corrected chi connectivity index (χ0v) is 37.3. The molecule has 2 unspecified atom stereocenters. The van der Waals surface area contributed by atoms with Gasteiger partial charge in [0.25, 0.3) is 29.6 Å². The lowest BCUT2D eigenvalue weighted by atomic mass is 10.0. The number of nitrogens with two attached hydrogens (primary N) is 4. The number of nitrogens with one attached hydrogen (secondary N) is 4. The highest BCUT2D eigenvalue weighted by Gasteiger charge is 2.40. The lowest BCUT2D eigenvalue weighted by Crippen LogP contribution is -2.45. The molecule has 2 saturated heterocycles. The fourth-order valence-electron chi connectivity index (χ4n) is 8.30. The maximum Gasteiger partial charge on any atom is 0.304 e. The lowest BCUT2D eigenvalue weighted by Gasteiger charge is -2.30. The van der Waals surface area contributed by atoms with E-state index in [4.69, 9.17) is 22.9 Å². The second-order valence-electron chi connectivity index (χ2n) is 16.8. The molecule has 16 nitrogen and oxygen atoms in total. The average Bonchev–Trinajstić information content (AvgIpc) is 3.84. The Kier molecular flexibility index (Phi) is 14.3. The molecule has 4 heterocycles. The molecule has 20 heteroatoms. The van der Waals surface area contributed by atoms with Crippen LogP contribution < -0.4 is 44.2 Å². The Morgan fingerprint density at radius 1 is 0.662 bits per heavy atom. The smallest absolute Gasteiger partial charge is 0.304 e. The molecule has 0 aliphatic carbocycles. The van der Waals surface area contributed by atoms with Gasteiger partial charge < -0.3 is 38.9 Å². The van der Waals surface area contributed by atoms with Gasteiger partial charge in [-0.1, -0.05) is 84.9 Å².